The second-order valence-electron chi connectivity index (χ2n) is 4.08. The van der Waals surface area contributed by atoms with Gasteiger partial charge in [-0.05, 0) is 18.2 Å². The number of allylic oxidation sites excluding steroid dienone is 1. The highest BCUT2D eigenvalue weighted by Gasteiger charge is 2.16. The monoisotopic (exact) mass is 300 g/mol. The van der Waals surface area contributed by atoms with E-state index in [0.29, 0.717) is 33.2 Å². The highest BCUT2D eigenvalue weighted by molar-refractivity contribution is 6.53. The lowest BCUT2D eigenvalue weighted by Gasteiger charge is -2.13. The summed E-state index contributed by atoms with van der Waals surface area (Å²) in [6.07, 6.45) is 3.23. The van der Waals surface area contributed by atoms with Gasteiger partial charge in [0.2, 0.25) is 0 Å². The van der Waals surface area contributed by atoms with Crippen molar-refractivity contribution in [1.29, 1.82) is 5.26 Å². The predicted molar refractivity (Wildman–Crippen MR) is 82.1 cm³/mol. The molecule has 0 aliphatic carbocycles. The summed E-state index contributed by atoms with van der Waals surface area (Å²) >= 11 is 6.41. The van der Waals surface area contributed by atoms with Gasteiger partial charge in [0.25, 0.3) is 0 Å². The molecule has 21 heavy (non-hydrogen) atoms. The Morgan fingerprint density at radius 1 is 1.19 bits per heavy atom. The van der Waals surface area contributed by atoms with Crippen LogP contribution in [0.5, 0.6) is 11.5 Å². The number of hydrogen-bond acceptors (Lipinski definition) is 4. The highest BCUT2D eigenvalue weighted by Crippen LogP contribution is 2.39. The Bertz CT molecular complexity index is 706. The largest absolute Gasteiger partial charge is 0.493 e. The summed E-state index contributed by atoms with van der Waals surface area (Å²) in [4.78, 5) is 4.01. The van der Waals surface area contributed by atoms with Crippen LogP contribution < -0.4 is 9.47 Å². The van der Waals surface area contributed by atoms with Crippen molar-refractivity contribution >= 4 is 22.2 Å². The SMILES string of the molecule is COc1cccc(/C(Cl)=C(/C#N)c2cccnc2)c1OC. The van der Waals surface area contributed by atoms with Crippen molar-refractivity contribution in [2.24, 2.45) is 0 Å². The van der Waals surface area contributed by atoms with E-state index in [-0.39, 0.29) is 0 Å². The fraction of sp³-hybridized carbons (Fsp3) is 0.125. The molecule has 0 radical (unpaired) electrons. The van der Waals surface area contributed by atoms with Crippen LogP contribution in [0.2, 0.25) is 0 Å². The Hall–Kier alpha value is -2.51. The third kappa shape index (κ3) is 2.99. The van der Waals surface area contributed by atoms with E-state index in [4.69, 9.17) is 21.1 Å². The first-order chi connectivity index (χ1) is 10.2. The molecule has 0 saturated heterocycles. The maximum Gasteiger partial charge on any atom is 0.169 e. The third-order valence-corrected chi connectivity index (χ3v) is 3.31. The van der Waals surface area contributed by atoms with Crippen LogP contribution in [0.3, 0.4) is 0 Å². The van der Waals surface area contributed by atoms with Crippen molar-refractivity contribution in [3.63, 3.8) is 0 Å². The lowest BCUT2D eigenvalue weighted by molar-refractivity contribution is 0.354. The molecule has 0 atom stereocenters. The molecule has 0 bridgehead atoms. The summed E-state index contributed by atoms with van der Waals surface area (Å²) in [7, 11) is 3.08. The molecule has 0 amide bonds. The maximum atomic E-state index is 9.41. The smallest absolute Gasteiger partial charge is 0.169 e. The minimum atomic E-state index is 0.293. The van der Waals surface area contributed by atoms with Crippen molar-refractivity contribution in [2.45, 2.75) is 0 Å². The van der Waals surface area contributed by atoms with Crippen LogP contribution in [0.15, 0.2) is 42.7 Å². The van der Waals surface area contributed by atoms with E-state index in [9.17, 15) is 5.26 Å². The number of methoxy groups -OCH3 is 2. The van der Waals surface area contributed by atoms with Crippen molar-refractivity contribution in [3.8, 4) is 17.6 Å². The van der Waals surface area contributed by atoms with Gasteiger partial charge in [0.1, 0.15) is 6.07 Å². The van der Waals surface area contributed by atoms with Gasteiger partial charge < -0.3 is 9.47 Å². The molecule has 1 aromatic carbocycles. The van der Waals surface area contributed by atoms with E-state index < -0.39 is 0 Å². The molecule has 1 heterocycles. The fourth-order valence-electron chi connectivity index (χ4n) is 1.95. The number of para-hydroxylation sites is 1. The zero-order valence-electron chi connectivity index (χ0n) is 11.6. The zero-order chi connectivity index (χ0) is 15.2. The normalized spacial score (nSPS) is 11.3. The Morgan fingerprint density at radius 3 is 2.57 bits per heavy atom. The molecule has 0 N–H and O–H groups in total. The number of rotatable bonds is 4. The molecule has 0 unspecified atom stereocenters. The molecule has 5 heteroatoms. The van der Waals surface area contributed by atoms with Crippen LogP contribution in [0.1, 0.15) is 11.1 Å². The second-order valence-corrected chi connectivity index (χ2v) is 4.46. The topological polar surface area (TPSA) is 55.1 Å². The van der Waals surface area contributed by atoms with Crippen LogP contribution in [0, 0.1) is 11.3 Å². The molecule has 0 aliphatic rings. The first-order valence-electron chi connectivity index (χ1n) is 6.14. The van der Waals surface area contributed by atoms with Gasteiger partial charge in [0.05, 0.1) is 24.8 Å². The summed E-state index contributed by atoms with van der Waals surface area (Å²) in [6, 6.07) is 11.0. The number of ether oxygens (including phenoxy) is 2. The lowest BCUT2D eigenvalue weighted by Crippen LogP contribution is -1.95. The number of hydrogen-bond donors (Lipinski definition) is 0. The average Bonchev–Trinajstić information content (AvgIpc) is 2.55. The van der Waals surface area contributed by atoms with Crippen LogP contribution in [-0.4, -0.2) is 19.2 Å². The van der Waals surface area contributed by atoms with E-state index in [1.54, 1.807) is 49.8 Å². The first-order valence-corrected chi connectivity index (χ1v) is 6.52. The molecule has 2 rings (SSSR count). The number of aromatic nitrogens is 1. The number of pyridine rings is 1. The molecule has 106 valence electrons. The van der Waals surface area contributed by atoms with Crippen molar-refractivity contribution < 1.29 is 9.47 Å². The molecular weight excluding hydrogens is 288 g/mol. The van der Waals surface area contributed by atoms with Crippen LogP contribution in [0.25, 0.3) is 10.6 Å². The predicted octanol–water partition coefficient (Wildman–Crippen LogP) is 3.73. The molecule has 4 nitrogen and oxygen atoms in total. The van der Waals surface area contributed by atoms with Gasteiger partial charge in [-0.1, -0.05) is 23.7 Å². The van der Waals surface area contributed by atoms with Gasteiger partial charge >= 0.3 is 0 Å². The van der Waals surface area contributed by atoms with Gasteiger partial charge in [0, 0.05) is 23.5 Å². The molecule has 0 saturated carbocycles. The Labute approximate surface area is 128 Å². The van der Waals surface area contributed by atoms with Crippen LogP contribution in [0.4, 0.5) is 0 Å². The second kappa shape index (κ2) is 6.78. The molecule has 2 aromatic rings. The number of nitrogens with zero attached hydrogens (tertiary/aromatic N) is 2. The van der Waals surface area contributed by atoms with E-state index in [1.807, 2.05) is 0 Å². The van der Waals surface area contributed by atoms with Gasteiger partial charge in [-0.3, -0.25) is 4.98 Å². The van der Waals surface area contributed by atoms with Crippen LogP contribution >= 0.6 is 11.6 Å². The maximum absolute atomic E-state index is 9.41. The number of nitriles is 1. The van der Waals surface area contributed by atoms with E-state index >= 15 is 0 Å². The quantitative estimate of drug-likeness (QED) is 0.807. The molecule has 0 fully saturated rings. The Balaban J connectivity index is 2.65. The fourth-order valence-corrected chi connectivity index (χ4v) is 2.25. The van der Waals surface area contributed by atoms with Crippen molar-refractivity contribution in [3.05, 3.63) is 53.9 Å². The summed E-state index contributed by atoms with van der Waals surface area (Å²) in [5, 5.41) is 9.70. The summed E-state index contributed by atoms with van der Waals surface area (Å²) in [6.45, 7) is 0. The lowest BCUT2D eigenvalue weighted by atomic mass is 10.0. The molecule has 0 aliphatic heterocycles. The third-order valence-electron chi connectivity index (χ3n) is 2.92. The zero-order valence-corrected chi connectivity index (χ0v) is 12.4. The van der Waals surface area contributed by atoms with Gasteiger partial charge in [-0.15, -0.1) is 0 Å². The van der Waals surface area contributed by atoms with E-state index in [1.165, 1.54) is 7.11 Å². The Kier molecular flexibility index (Phi) is 4.81. The average molecular weight is 301 g/mol. The van der Waals surface area contributed by atoms with Gasteiger partial charge in [-0.25, -0.2) is 0 Å². The van der Waals surface area contributed by atoms with E-state index in [0.717, 1.165) is 0 Å². The highest BCUT2D eigenvalue weighted by atomic mass is 35.5. The molecule has 0 spiro atoms. The molecule has 1 aromatic heterocycles. The minimum Gasteiger partial charge on any atom is -0.493 e. The van der Waals surface area contributed by atoms with Gasteiger partial charge in [-0.2, -0.15) is 5.26 Å². The number of benzene rings is 1. The summed E-state index contributed by atoms with van der Waals surface area (Å²) in [5.74, 6) is 1.04. The van der Waals surface area contributed by atoms with Crippen molar-refractivity contribution in [2.75, 3.05) is 14.2 Å². The van der Waals surface area contributed by atoms with Gasteiger partial charge in [0.15, 0.2) is 11.5 Å². The van der Waals surface area contributed by atoms with E-state index in [2.05, 4.69) is 11.1 Å². The standard InChI is InChI=1S/C16H13ClN2O2/c1-20-14-7-3-6-12(16(14)21-2)15(17)13(9-18)11-5-4-8-19-10-11/h3-8,10H,1-2H3/b15-13+. The van der Waals surface area contributed by atoms with Crippen molar-refractivity contribution in [1.82, 2.24) is 4.98 Å². The summed E-state index contributed by atoms with van der Waals surface area (Å²) < 4.78 is 10.6. The van der Waals surface area contributed by atoms with Crippen LogP contribution in [-0.2, 0) is 0 Å². The summed E-state index contributed by atoms with van der Waals surface area (Å²) in [5.41, 5.74) is 1.57. The Morgan fingerprint density at radius 2 is 2.00 bits per heavy atom. The molecular formula is C16H13ClN2O2. The first kappa shape index (κ1) is 14.9. The number of halogens is 1. The minimum absolute atomic E-state index is 0.293.